The van der Waals surface area contributed by atoms with E-state index in [0.717, 1.165) is 43.8 Å². The van der Waals surface area contributed by atoms with E-state index in [1.807, 2.05) is 6.07 Å². The number of benzene rings is 2. The Bertz CT molecular complexity index is 801. The predicted octanol–water partition coefficient (Wildman–Crippen LogP) is 3.68. The van der Waals surface area contributed by atoms with Crippen LogP contribution in [-0.2, 0) is 11.3 Å². The zero-order valence-electron chi connectivity index (χ0n) is 15.9. The van der Waals surface area contributed by atoms with Crippen LogP contribution in [0.5, 0.6) is 5.75 Å². The highest BCUT2D eigenvalue weighted by Gasteiger charge is 2.24. The molecule has 4 heteroatoms. The van der Waals surface area contributed by atoms with Crippen LogP contribution in [0.3, 0.4) is 0 Å². The molecule has 0 radical (unpaired) electrons. The largest absolute Gasteiger partial charge is 0.496 e. The molecule has 2 aromatic carbocycles. The number of piperidine rings is 1. The molecule has 0 saturated carbocycles. The normalized spacial score (nSPS) is 17.9. The van der Waals surface area contributed by atoms with Gasteiger partial charge in [-0.25, -0.2) is 0 Å². The van der Waals surface area contributed by atoms with Crippen molar-refractivity contribution in [1.29, 1.82) is 0 Å². The molecular weight excluding hydrogens is 324 g/mol. The smallest absolute Gasteiger partial charge is 0.221 e. The Morgan fingerprint density at radius 3 is 2.77 bits per heavy atom. The molecule has 1 saturated heterocycles. The average Bonchev–Trinajstić information content (AvgIpc) is 2.64. The summed E-state index contributed by atoms with van der Waals surface area (Å²) >= 11 is 0. The number of amides is 1. The Kier molecular flexibility index (Phi) is 5.62. The van der Waals surface area contributed by atoms with Gasteiger partial charge in [0.15, 0.2) is 0 Å². The molecule has 1 fully saturated rings. The number of primary amides is 1. The van der Waals surface area contributed by atoms with Crippen molar-refractivity contribution in [1.82, 2.24) is 4.90 Å². The Hall–Kier alpha value is -2.33. The van der Waals surface area contributed by atoms with Crippen LogP contribution >= 0.6 is 0 Å². The van der Waals surface area contributed by atoms with Crippen LogP contribution in [0.4, 0.5) is 0 Å². The maximum absolute atomic E-state index is 11.5. The number of methoxy groups -OCH3 is 1. The van der Waals surface area contributed by atoms with E-state index in [4.69, 9.17) is 10.5 Å². The van der Waals surface area contributed by atoms with E-state index in [0.29, 0.717) is 0 Å². The summed E-state index contributed by atoms with van der Waals surface area (Å²) in [6, 6.07) is 12.7. The van der Waals surface area contributed by atoms with E-state index in [1.165, 1.54) is 22.3 Å². The molecule has 3 rings (SSSR count). The number of nitrogens with two attached hydrogens (primary N) is 1. The van der Waals surface area contributed by atoms with Crippen LogP contribution in [0.2, 0.25) is 0 Å². The van der Waals surface area contributed by atoms with E-state index in [1.54, 1.807) is 7.11 Å². The molecule has 2 aromatic rings. The Morgan fingerprint density at radius 1 is 1.23 bits per heavy atom. The zero-order valence-corrected chi connectivity index (χ0v) is 15.9. The highest BCUT2D eigenvalue weighted by atomic mass is 16.5. The summed E-state index contributed by atoms with van der Waals surface area (Å²) in [5, 5.41) is 0. The van der Waals surface area contributed by atoms with E-state index in [-0.39, 0.29) is 11.8 Å². The van der Waals surface area contributed by atoms with Gasteiger partial charge in [-0.05, 0) is 67.6 Å². The van der Waals surface area contributed by atoms with Crippen LogP contribution in [0, 0.1) is 19.8 Å². The second-order valence-corrected chi connectivity index (χ2v) is 7.26. The number of rotatable bonds is 5. The van der Waals surface area contributed by atoms with Gasteiger partial charge in [0.25, 0.3) is 0 Å². The average molecular weight is 352 g/mol. The molecule has 1 atom stereocenters. The molecule has 0 bridgehead atoms. The van der Waals surface area contributed by atoms with E-state index in [9.17, 15) is 4.79 Å². The molecule has 0 aliphatic carbocycles. The van der Waals surface area contributed by atoms with Crippen molar-refractivity contribution in [2.75, 3.05) is 20.2 Å². The first kappa shape index (κ1) is 18.5. The minimum Gasteiger partial charge on any atom is -0.496 e. The second-order valence-electron chi connectivity index (χ2n) is 7.26. The van der Waals surface area contributed by atoms with Gasteiger partial charge < -0.3 is 10.5 Å². The van der Waals surface area contributed by atoms with Gasteiger partial charge in [-0.2, -0.15) is 0 Å². The third-order valence-electron chi connectivity index (χ3n) is 5.47. The van der Waals surface area contributed by atoms with Crippen molar-refractivity contribution < 1.29 is 9.53 Å². The predicted molar refractivity (Wildman–Crippen MR) is 105 cm³/mol. The van der Waals surface area contributed by atoms with Crippen LogP contribution in [0.15, 0.2) is 36.4 Å². The van der Waals surface area contributed by atoms with Gasteiger partial charge in [0.2, 0.25) is 5.91 Å². The fourth-order valence-corrected chi connectivity index (χ4v) is 3.80. The molecule has 1 aliphatic rings. The second kappa shape index (κ2) is 7.92. The number of nitrogens with zero attached hydrogens (tertiary/aromatic N) is 1. The first-order valence-electron chi connectivity index (χ1n) is 9.24. The lowest BCUT2D eigenvalue weighted by atomic mass is 9.94. The lowest BCUT2D eigenvalue weighted by Gasteiger charge is -2.31. The first-order chi connectivity index (χ1) is 12.5. The Morgan fingerprint density at radius 2 is 2.04 bits per heavy atom. The first-order valence-corrected chi connectivity index (χ1v) is 9.24. The summed E-state index contributed by atoms with van der Waals surface area (Å²) in [7, 11) is 1.71. The molecule has 2 N–H and O–H groups in total. The molecular formula is C22H28N2O2. The molecule has 0 aromatic heterocycles. The minimum absolute atomic E-state index is 0.0273. The van der Waals surface area contributed by atoms with Crippen LogP contribution in [0.25, 0.3) is 11.1 Å². The van der Waals surface area contributed by atoms with E-state index < -0.39 is 0 Å². The van der Waals surface area contributed by atoms with E-state index >= 15 is 0 Å². The van der Waals surface area contributed by atoms with Crippen molar-refractivity contribution in [2.45, 2.75) is 33.2 Å². The highest BCUT2D eigenvalue weighted by Crippen LogP contribution is 2.34. The van der Waals surface area contributed by atoms with Gasteiger partial charge in [-0.15, -0.1) is 0 Å². The van der Waals surface area contributed by atoms with Gasteiger partial charge in [-0.3, -0.25) is 9.69 Å². The van der Waals surface area contributed by atoms with E-state index in [2.05, 4.69) is 49.1 Å². The Balaban J connectivity index is 1.88. The van der Waals surface area contributed by atoms with Crippen molar-refractivity contribution in [2.24, 2.45) is 11.7 Å². The number of hydrogen-bond acceptors (Lipinski definition) is 3. The number of carbonyl (C=O) groups excluding carboxylic acids is 1. The van der Waals surface area contributed by atoms with Crippen LogP contribution in [0.1, 0.15) is 29.5 Å². The molecule has 0 spiro atoms. The molecule has 1 aliphatic heterocycles. The van der Waals surface area contributed by atoms with Crippen LogP contribution < -0.4 is 10.5 Å². The number of hydrogen-bond donors (Lipinski definition) is 1. The van der Waals surface area contributed by atoms with Gasteiger partial charge >= 0.3 is 0 Å². The third kappa shape index (κ3) is 3.91. The minimum atomic E-state index is -0.180. The summed E-state index contributed by atoms with van der Waals surface area (Å²) in [5.41, 5.74) is 11.6. The molecule has 138 valence electrons. The van der Waals surface area contributed by atoms with Crippen molar-refractivity contribution in [3.63, 3.8) is 0 Å². The quantitative estimate of drug-likeness (QED) is 0.893. The Labute approximate surface area is 156 Å². The topological polar surface area (TPSA) is 55.6 Å². The number of ether oxygens (including phenoxy) is 1. The monoisotopic (exact) mass is 352 g/mol. The fourth-order valence-electron chi connectivity index (χ4n) is 3.80. The summed E-state index contributed by atoms with van der Waals surface area (Å²) in [6.45, 7) is 6.87. The highest BCUT2D eigenvalue weighted by molar-refractivity contribution is 5.77. The number of carbonyl (C=O) groups is 1. The van der Waals surface area contributed by atoms with Crippen LogP contribution in [-0.4, -0.2) is 31.0 Å². The van der Waals surface area contributed by atoms with Gasteiger partial charge in [0, 0.05) is 18.7 Å². The fraction of sp³-hybridized carbons (Fsp3) is 0.409. The summed E-state index contributed by atoms with van der Waals surface area (Å²) in [5.74, 6) is 0.678. The zero-order chi connectivity index (χ0) is 18.7. The maximum Gasteiger partial charge on any atom is 0.221 e. The molecule has 1 amide bonds. The van der Waals surface area contributed by atoms with Gasteiger partial charge in [0.05, 0.1) is 13.0 Å². The third-order valence-corrected chi connectivity index (χ3v) is 5.47. The molecule has 26 heavy (non-hydrogen) atoms. The summed E-state index contributed by atoms with van der Waals surface area (Å²) in [4.78, 5) is 13.9. The number of likely N-dealkylation sites (tertiary alicyclic amines) is 1. The van der Waals surface area contributed by atoms with Crippen molar-refractivity contribution in [3.05, 3.63) is 53.1 Å². The number of aryl methyl sites for hydroxylation is 1. The van der Waals surface area contributed by atoms with Gasteiger partial charge in [-0.1, -0.05) is 24.3 Å². The SMILES string of the molecule is COc1ccc(CN2CCCC(C(N)=O)C2)cc1-c1cccc(C)c1C. The van der Waals surface area contributed by atoms with Crippen molar-refractivity contribution >= 4 is 5.91 Å². The lowest BCUT2D eigenvalue weighted by molar-refractivity contribution is -0.123. The standard InChI is InChI=1S/C22H28N2O2/c1-15-6-4-8-19(16(15)2)20-12-17(9-10-21(20)26-3)13-24-11-5-7-18(14-24)22(23)25/h4,6,8-10,12,18H,5,7,11,13-14H2,1-3H3,(H2,23,25). The molecule has 1 heterocycles. The van der Waals surface area contributed by atoms with Gasteiger partial charge in [0.1, 0.15) is 5.75 Å². The summed E-state index contributed by atoms with van der Waals surface area (Å²) < 4.78 is 5.61. The molecule has 4 nitrogen and oxygen atoms in total. The molecule has 1 unspecified atom stereocenters. The lowest BCUT2D eigenvalue weighted by Crippen LogP contribution is -2.40. The van der Waals surface area contributed by atoms with Crippen molar-refractivity contribution in [3.8, 4) is 16.9 Å². The maximum atomic E-state index is 11.5. The summed E-state index contributed by atoms with van der Waals surface area (Å²) in [6.07, 6.45) is 1.93.